The molecule has 0 spiro atoms. The molecule has 2 aromatic rings. The number of hydrogen-bond acceptors (Lipinski definition) is 4. The number of ether oxygens (including phenoxy) is 2. The lowest BCUT2D eigenvalue weighted by molar-refractivity contribution is -0.127. The molecular formula is C18H21N3O3. The molecule has 1 amide bonds. The van der Waals surface area contributed by atoms with E-state index in [1.165, 1.54) is 0 Å². The summed E-state index contributed by atoms with van der Waals surface area (Å²) in [6, 6.07) is 9.69. The summed E-state index contributed by atoms with van der Waals surface area (Å²) in [5.41, 5.74) is 2.01. The molecule has 1 aromatic carbocycles. The minimum Gasteiger partial charge on any atom is -0.491 e. The van der Waals surface area contributed by atoms with Crippen molar-refractivity contribution in [3.05, 3.63) is 47.8 Å². The SMILES string of the molecule is CCn1nccc1[C@@H]1OCC[C@H]1C(=O)N[C@@H]1COc2ccccc21. The van der Waals surface area contributed by atoms with Crippen LogP contribution in [0.5, 0.6) is 5.75 Å². The van der Waals surface area contributed by atoms with Crippen LogP contribution >= 0.6 is 0 Å². The Morgan fingerprint density at radius 2 is 2.25 bits per heavy atom. The Balaban J connectivity index is 1.50. The van der Waals surface area contributed by atoms with Gasteiger partial charge in [0.25, 0.3) is 0 Å². The molecule has 6 heteroatoms. The van der Waals surface area contributed by atoms with E-state index in [1.807, 2.05) is 41.9 Å². The lowest BCUT2D eigenvalue weighted by Crippen LogP contribution is -2.36. The third-order valence-corrected chi connectivity index (χ3v) is 4.79. The molecule has 0 saturated carbocycles. The van der Waals surface area contributed by atoms with Crippen molar-refractivity contribution in [1.82, 2.24) is 15.1 Å². The van der Waals surface area contributed by atoms with Crippen molar-refractivity contribution in [2.45, 2.75) is 32.0 Å². The summed E-state index contributed by atoms with van der Waals surface area (Å²) >= 11 is 0. The summed E-state index contributed by atoms with van der Waals surface area (Å²) in [5, 5.41) is 7.42. The Morgan fingerprint density at radius 3 is 3.12 bits per heavy atom. The van der Waals surface area contributed by atoms with Crippen LogP contribution in [0.2, 0.25) is 0 Å². The van der Waals surface area contributed by atoms with Gasteiger partial charge < -0.3 is 14.8 Å². The molecule has 6 nitrogen and oxygen atoms in total. The van der Waals surface area contributed by atoms with Crippen LogP contribution in [-0.2, 0) is 16.1 Å². The molecular weight excluding hydrogens is 306 g/mol. The molecule has 0 aliphatic carbocycles. The van der Waals surface area contributed by atoms with Crippen molar-refractivity contribution in [3.63, 3.8) is 0 Å². The first-order valence-electron chi connectivity index (χ1n) is 8.43. The molecule has 126 valence electrons. The highest BCUT2D eigenvalue weighted by molar-refractivity contribution is 5.80. The van der Waals surface area contributed by atoms with E-state index in [1.54, 1.807) is 6.20 Å². The molecule has 1 N–H and O–H groups in total. The van der Waals surface area contributed by atoms with Crippen LogP contribution in [0.4, 0.5) is 0 Å². The highest BCUT2D eigenvalue weighted by atomic mass is 16.5. The Morgan fingerprint density at radius 1 is 1.38 bits per heavy atom. The van der Waals surface area contributed by atoms with E-state index in [0.717, 1.165) is 30.0 Å². The van der Waals surface area contributed by atoms with E-state index in [2.05, 4.69) is 10.4 Å². The van der Waals surface area contributed by atoms with E-state index in [4.69, 9.17) is 9.47 Å². The zero-order valence-electron chi connectivity index (χ0n) is 13.6. The second-order valence-corrected chi connectivity index (χ2v) is 6.17. The van der Waals surface area contributed by atoms with Gasteiger partial charge in [-0.3, -0.25) is 9.48 Å². The first kappa shape index (κ1) is 15.2. The Labute approximate surface area is 140 Å². The second-order valence-electron chi connectivity index (χ2n) is 6.17. The van der Waals surface area contributed by atoms with Gasteiger partial charge >= 0.3 is 0 Å². The van der Waals surface area contributed by atoms with Crippen LogP contribution in [-0.4, -0.2) is 28.9 Å². The van der Waals surface area contributed by atoms with Crippen LogP contribution in [0.1, 0.15) is 36.7 Å². The van der Waals surface area contributed by atoms with Gasteiger partial charge in [-0.25, -0.2) is 0 Å². The van der Waals surface area contributed by atoms with Crippen molar-refractivity contribution in [2.24, 2.45) is 5.92 Å². The number of rotatable bonds is 4. The van der Waals surface area contributed by atoms with E-state index in [9.17, 15) is 4.79 Å². The highest BCUT2D eigenvalue weighted by Gasteiger charge is 2.38. The van der Waals surface area contributed by atoms with Gasteiger partial charge in [-0.05, 0) is 25.5 Å². The topological polar surface area (TPSA) is 65.4 Å². The Hall–Kier alpha value is -2.34. The number of benzene rings is 1. The number of hydrogen-bond donors (Lipinski definition) is 1. The fourth-order valence-corrected chi connectivity index (χ4v) is 3.56. The molecule has 2 aliphatic rings. The molecule has 2 aliphatic heterocycles. The maximum absolute atomic E-state index is 12.8. The number of carbonyl (C=O) groups is 1. The summed E-state index contributed by atoms with van der Waals surface area (Å²) in [4.78, 5) is 12.8. The minimum atomic E-state index is -0.231. The molecule has 3 atom stereocenters. The smallest absolute Gasteiger partial charge is 0.226 e. The predicted octanol–water partition coefficient (Wildman–Crippen LogP) is 2.23. The zero-order chi connectivity index (χ0) is 16.5. The van der Waals surface area contributed by atoms with Gasteiger partial charge in [0.1, 0.15) is 18.5 Å². The number of fused-ring (bicyclic) bond motifs is 1. The summed E-state index contributed by atoms with van der Waals surface area (Å²) in [6.07, 6.45) is 2.25. The Bertz CT molecular complexity index is 743. The summed E-state index contributed by atoms with van der Waals surface area (Å²) in [6.45, 7) is 3.87. The molecule has 1 fully saturated rings. The standard InChI is InChI=1S/C18H21N3O3/c1-2-21-15(7-9-19-21)17-13(8-10-23-17)18(22)20-14-11-24-16-6-4-3-5-12(14)16/h3-7,9,13-14,17H,2,8,10-11H2,1H3,(H,20,22)/t13-,14-,17-/m1/s1. The zero-order valence-corrected chi connectivity index (χ0v) is 13.6. The van der Waals surface area contributed by atoms with Crippen LogP contribution in [0, 0.1) is 5.92 Å². The minimum absolute atomic E-state index is 0.0201. The molecule has 1 aromatic heterocycles. The van der Waals surface area contributed by atoms with Gasteiger partial charge in [-0.1, -0.05) is 18.2 Å². The highest BCUT2D eigenvalue weighted by Crippen LogP contribution is 2.36. The van der Waals surface area contributed by atoms with Crippen molar-refractivity contribution < 1.29 is 14.3 Å². The molecule has 0 radical (unpaired) electrons. The number of aromatic nitrogens is 2. The van der Waals surface area contributed by atoms with Crippen molar-refractivity contribution in [2.75, 3.05) is 13.2 Å². The monoisotopic (exact) mass is 327 g/mol. The molecule has 0 bridgehead atoms. The number of nitrogens with zero attached hydrogens (tertiary/aromatic N) is 2. The first-order chi connectivity index (χ1) is 11.8. The fourth-order valence-electron chi connectivity index (χ4n) is 3.56. The predicted molar refractivity (Wildman–Crippen MR) is 87.5 cm³/mol. The third-order valence-electron chi connectivity index (χ3n) is 4.79. The van der Waals surface area contributed by atoms with Crippen molar-refractivity contribution in [1.29, 1.82) is 0 Å². The molecule has 0 unspecified atom stereocenters. The Kier molecular flexibility index (Phi) is 3.98. The lowest BCUT2D eigenvalue weighted by Gasteiger charge is -2.21. The van der Waals surface area contributed by atoms with Crippen LogP contribution in [0.15, 0.2) is 36.5 Å². The number of aryl methyl sites for hydroxylation is 1. The molecule has 3 heterocycles. The summed E-state index contributed by atoms with van der Waals surface area (Å²) in [7, 11) is 0. The van der Waals surface area contributed by atoms with E-state index < -0.39 is 0 Å². The van der Waals surface area contributed by atoms with Gasteiger partial charge in [0.2, 0.25) is 5.91 Å². The van der Waals surface area contributed by atoms with Gasteiger partial charge in [0.05, 0.1) is 17.7 Å². The molecule has 1 saturated heterocycles. The maximum Gasteiger partial charge on any atom is 0.226 e. The molecule has 4 rings (SSSR count). The average molecular weight is 327 g/mol. The normalized spacial score (nSPS) is 25.3. The number of para-hydroxylation sites is 1. The van der Waals surface area contributed by atoms with Crippen LogP contribution in [0.25, 0.3) is 0 Å². The van der Waals surface area contributed by atoms with Crippen LogP contribution < -0.4 is 10.1 Å². The number of amides is 1. The van der Waals surface area contributed by atoms with Gasteiger partial charge in [-0.15, -0.1) is 0 Å². The lowest BCUT2D eigenvalue weighted by atomic mass is 9.97. The number of nitrogens with one attached hydrogen (secondary N) is 1. The van der Waals surface area contributed by atoms with E-state index >= 15 is 0 Å². The number of carbonyl (C=O) groups excluding carboxylic acids is 1. The average Bonchev–Trinajstić information content (AvgIpc) is 3.33. The summed E-state index contributed by atoms with van der Waals surface area (Å²) in [5.74, 6) is 0.678. The second kappa shape index (κ2) is 6.28. The summed E-state index contributed by atoms with van der Waals surface area (Å²) < 4.78 is 13.4. The third kappa shape index (κ3) is 2.57. The fraction of sp³-hybridized carbons (Fsp3) is 0.444. The van der Waals surface area contributed by atoms with E-state index in [-0.39, 0.29) is 24.0 Å². The van der Waals surface area contributed by atoms with E-state index in [0.29, 0.717) is 13.2 Å². The van der Waals surface area contributed by atoms with Gasteiger partial charge in [0, 0.05) is 24.9 Å². The quantitative estimate of drug-likeness (QED) is 0.935. The largest absolute Gasteiger partial charge is 0.491 e. The van der Waals surface area contributed by atoms with Gasteiger partial charge in [-0.2, -0.15) is 5.10 Å². The van der Waals surface area contributed by atoms with Crippen LogP contribution in [0.3, 0.4) is 0 Å². The van der Waals surface area contributed by atoms with Crippen molar-refractivity contribution >= 4 is 5.91 Å². The first-order valence-corrected chi connectivity index (χ1v) is 8.43. The van der Waals surface area contributed by atoms with Crippen molar-refractivity contribution in [3.8, 4) is 5.75 Å². The van der Waals surface area contributed by atoms with Gasteiger partial charge in [0.15, 0.2) is 0 Å². The maximum atomic E-state index is 12.8. The molecule has 24 heavy (non-hydrogen) atoms.